The minimum Gasteiger partial charge on any atom is -0.478 e. The molecule has 0 bridgehead atoms. The number of hydrogen-bond acceptors (Lipinski definition) is 3. The van der Waals surface area contributed by atoms with Gasteiger partial charge in [-0.3, -0.25) is 4.90 Å². The van der Waals surface area contributed by atoms with Gasteiger partial charge in [0.05, 0.1) is 11.7 Å². The molecule has 0 aliphatic carbocycles. The maximum absolute atomic E-state index is 13.6. The highest BCUT2D eigenvalue weighted by molar-refractivity contribution is 5.87. The van der Waals surface area contributed by atoms with Crippen LogP contribution in [0, 0.1) is 5.82 Å². The van der Waals surface area contributed by atoms with Gasteiger partial charge in [0, 0.05) is 19.7 Å². The standard InChI is InChI=1S/C15H20FNO3/c1-17(10-12-4-2-3-7-20-12)9-11-5-6-13(15(18)19)14(16)8-11/h5-6,8,12H,2-4,7,9-10H2,1H3,(H,18,19). The van der Waals surface area contributed by atoms with Crippen LogP contribution in [-0.4, -0.2) is 42.3 Å². The van der Waals surface area contributed by atoms with Gasteiger partial charge in [-0.2, -0.15) is 0 Å². The Morgan fingerprint density at radius 1 is 1.50 bits per heavy atom. The molecule has 4 nitrogen and oxygen atoms in total. The zero-order valence-corrected chi connectivity index (χ0v) is 11.6. The highest BCUT2D eigenvalue weighted by atomic mass is 19.1. The SMILES string of the molecule is CN(Cc1ccc(C(=O)O)c(F)c1)CC1CCCCO1. The summed E-state index contributed by atoms with van der Waals surface area (Å²) in [5, 5.41) is 8.79. The van der Waals surface area contributed by atoms with E-state index < -0.39 is 11.8 Å². The number of carboxylic acid groups (broad SMARTS) is 1. The average molecular weight is 281 g/mol. The van der Waals surface area contributed by atoms with Crippen molar-refractivity contribution in [2.75, 3.05) is 20.2 Å². The van der Waals surface area contributed by atoms with Crippen molar-refractivity contribution >= 4 is 5.97 Å². The van der Waals surface area contributed by atoms with E-state index in [1.807, 2.05) is 7.05 Å². The quantitative estimate of drug-likeness (QED) is 0.901. The number of ether oxygens (including phenoxy) is 1. The monoisotopic (exact) mass is 281 g/mol. The molecule has 1 saturated heterocycles. The summed E-state index contributed by atoms with van der Waals surface area (Å²) in [6.45, 7) is 2.21. The van der Waals surface area contributed by atoms with Crippen LogP contribution in [0.3, 0.4) is 0 Å². The van der Waals surface area contributed by atoms with Gasteiger partial charge >= 0.3 is 5.97 Å². The number of hydrogen-bond donors (Lipinski definition) is 1. The third-order valence-corrected chi connectivity index (χ3v) is 3.51. The first-order valence-electron chi connectivity index (χ1n) is 6.88. The number of likely N-dealkylation sites (N-methyl/N-ethyl adjacent to an activating group) is 1. The third kappa shape index (κ3) is 4.02. The van der Waals surface area contributed by atoms with Crippen LogP contribution >= 0.6 is 0 Å². The zero-order chi connectivity index (χ0) is 14.5. The second-order valence-electron chi connectivity index (χ2n) is 5.30. The number of carbonyl (C=O) groups is 1. The lowest BCUT2D eigenvalue weighted by molar-refractivity contribution is -0.00259. The summed E-state index contributed by atoms with van der Waals surface area (Å²) in [5.74, 6) is -1.92. The number of benzene rings is 1. The lowest BCUT2D eigenvalue weighted by Crippen LogP contribution is -2.33. The topological polar surface area (TPSA) is 49.8 Å². The maximum atomic E-state index is 13.6. The first-order chi connectivity index (χ1) is 9.56. The van der Waals surface area contributed by atoms with Gasteiger partial charge < -0.3 is 9.84 Å². The molecule has 20 heavy (non-hydrogen) atoms. The molecule has 0 amide bonds. The fourth-order valence-electron chi connectivity index (χ4n) is 2.51. The first-order valence-corrected chi connectivity index (χ1v) is 6.88. The molecule has 1 N–H and O–H groups in total. The van der Waals surface area contributed by atoms with Gasteiger partial charge in [0.2, 0.25) is 0 Å². The van der Waals surface area contributed by atoms with Crippen LogP contribution in [0.1, 0.15) is 35.2 Å². The van der Waals surface area contributed by atoms with E-state index in [0.29, 0.717) is 6.54 Å². The molecule has 0 spiro atoms. The van der Waals surface area contributed by atoms with Crippen LogP contribution in [0.5, 0.6) is 0 Å². The lowest BCUT2D eigenvalue weighted by atomic mass is 10.1. The molecule has 0 aromatic heterocycles. The van der Waals surface area contributed by atoms with E-state index in [-0.39, 0.29) is 11.7 Å². The Kier molecular flexibility index (Phi) is 5.09. The third-order valence-electron chi connectivity index (χ3n) is 3.51. The van der Waals surface area contributed by atoms with Gasteiger partial charge in [-0.05, 0) is 44.0 Å². The molecule has 1 aromatic rings. The molecule has 1 heterocycles. The first kappa shape index (κ1) is 14.9. The van der Waals surface area contributed by atoms with Crippen molar-refractivity contribution in [1.82, 2.24) is 4.90 Å². The zero-order valence-electron chi connectivity index (χ0n) is 11.6. The number of carboxylic acids is 1. The van der Waals surface area contributed by atoms with E-state index in [1.165, 1.54) is 18.6 Å². The molecule has 1 fully saturated rings. The van der Waals surface area contributed by atoms with E-state index in [9.17, 15) is 9.18 Å². The highest BCUT2D eigenvalue weighted by Gasteiger charge is 2.16. The Hall–Kier alpha value is -1.46. The number of aromatic carboxylic acids is 1. The Bertz CT molecular complexity index is 472. The van der Waals surface area contributed by atoms with Crippen molar-refractivity contribution in [3.63, 3.8) is 0 Å². The lowest BCUT2D eigenvalue weighted by Gasteiger charge is -2.27. The van der Waals surface area contributed by atoms with Gasteiger partial charge in [-0.15, -0.1) is 0 Å². The van der Waals surface area contributed by atoms with Crippen LogP contribution in [0.25, 0.3) is 0 Å². The van der Waals surface area contributed by atoms with Crippen LogP contribution < -0.4 is 0 Å². The number of nitrogens with zero attached hydrogens (tertiary/aromatic N) is 1. The maximum Gasteiger partial charge on any atom is 0.338 e. The predicted molar refractivity (Wildman–Crippen MR) is 73.3 cm³/mol. The molecule has 0 saturated carbocycles. The molecule has 1 atom stereocenters. The second-order valence-corrected chi connectivity index (χ2v) is 5.30. The minimum absolute atomic E-state index is 0.247. The Labute approximate surface area is 118 Å². The van der Waals surface area contributed by atoms with Crippen molar-refractivity contribution in [3.8, 4) is 0 Å². The van der Waals surface area contributed by atoms with Gasteiger partial charge in [0.1, 0.15) is 5.82 Å². The van der Waals surface area contributed by atoms with Gasteiger partial charge in [-0.1, -0.05) is 6.07 Å². The predicted octanol–water partition coefficient (Wildman–Crippen LogP) is 2.52. The van der Waals surface area contributed by atoms with E-state index >= 15 is 0 Å². The van der Waals surface area contributed by atoms with Gasteiger partial charge in [-0.25, -0.2) is 9.18 Å². The minimum atomic E-state index is -1.24. The summed E-state index contributed by atoms with van der Waals surface area (Å²) in [6.07, 6.45) is 3.64. The van der Waals surface area contributed by atoms with E-state index in [0.717, 1.165) is 31.6 Å². The summed E-state index contributed by atoms with van der Waals surface area (Å²) in [7, 11) is 1.96. The second kappa shape index (κ2) is 6.81. The smallest absolute Gasteiger partial charge is 0.338 e. The van der Waals surface area contributed by atoms with E-state index in [1.54, 1.807) is 6.07 Å². The molecule has 1 unspecified atom stereocenters. The van der Waals surface area contributed by atoms with E-state index in [4.69, 9.17) is 9.84 Å². The summed E-state index contributed by atoms with van der Waals surface area (Å²) in [5.41, 5.74) is 0.484. The average Bonchev–Trinajstić information content (AvgIpc) is 2.39. The normalized spacial score (nSPS) is 19.2. The largest absolute Gasteiger partial charge is 0.478 e. The summed E-state index contributed by atoms with van der Waals surface area (Å²) in [4.78, 5) is 12.8. The van der Waals surface area contributed by atoms with Crippen LogP contribution in [0.2, 0.25) is 0 Å². The van der Waals surface area contributed by atoms with Gasteiger partial charge in [0.25, 0.3) is 0 Å². The van der Waals surface area contributed by atoms with Crippen LogP contribution in [-0.2, 0) is 11.3 Å². The number of rotatable bonds is 5. The highest BCUT2D eigenvalue weighted by Crippen LogP contribution is 2.16. The summed E-state index contributed by atoms with van der Waals surface area (Å²) in [6, 6.07) is 4.27. The molecule has 0 radical (unpaired) electrons. The van der Waals surface area contributed by atoms with Crippen molar-refractivity contribution in [1.29, 1.82) is 0 Å². The Balaban J connectivity index is 1.92. The molecule has 5 heteroatoms. The summed E-state index contributed by atoms with van der Waals surface area (Å²) < 4.78 is 19.3. The van der Waals surface area contributed by atoms with Crippen LogP contribution in [0.15, 0.2) is 18.2 Å². The van der Waals surface area contributed by atoms with Crippen molar-refractivity contribution < 1.29 is 19.0 Å². The molecule has 110 valence electrons. The van der Waals surface area contributed by atoms with Crippen LogP contribution in [0.4, 0.5) is 4.39 Å². The molecular formula is C15H20FNO3. The fraction of sp³-hybridized carbons (Fsp3) is 0.533. The van der Waals surface area contributed by atoms with E-state index in [2.05, 4.69) is 4.90 Å². The van der Waals surface area contributed by atoms with Crippen molar-refractivity contribution in [2.24, 2.45) is 0 Å². The van der Waals surface area contributed by atoms with Gasteiger partial charge in [0.15, 0.2) is 0 Å². The fourth-order valence-corrected chi connectivity index (χ4v) is 2.51. The molecule has 2 rings (SSSR count). The molecular weight excluding hydrogens is 261 g/mol. The number of halogens is 1. The molecule has 1 aromatic carbocycles. The Morgan fingerprint density at radius 2 is 2.30 bits per heavy atom. The molecule has 1 aliphatic heterocycles. The molecule has 1 aliphatic rings. The summed E-state index contributed by atoms with van der Waals surface area (Å²) >= 11 is 0. The Morgan fingerprint density at radius 3 is 2.90 bits per heavy atom. The van der Waals surface area contributed by atoms with Crippen molar-refractivity contribution in [3.05, 3.63) is 35.1 Å². The van der Waals surface area contributed by atoms with Crippen molar-refractivity contribution in [2.45, 2.75) is 31.9 Å².